The number of hydrogen-bond acceptors (Lipinski definition) is 5. The predicted octanol–water partition coefficient (Wildman–Crippen LogP) is 0.515. The van der Waals surface area contributed by atoms with Gasteiger partial charge in [0.15, 0.2) is 0 Å². The molecule has 1 fully saturated rings. The Morgan fingerprint density at radius 1 is 1.61 bits per heavy atom. The van der Waals surface area contributed by atoms with Gasteiger partial charge in [0.1, 0.15) is 12.2 Å². The average molecular weight is 253 g/mol. The predicted molar refractivity (Wildman–Crippen MR) is 64.8 cm³/mol. The van der Waals surface area contributed by atoms with Crippen LogP contribution in [0.15, 0.2) is 6.33 Å². The Labute approximate surface area is 106 Å². The van der Waals surface area contributed by atoms with Gasteiger partial charge < -0.3 is 15.0 Å². The van der Waals surface area contributed by atoms with Crippen LogP contribution in [0.25, 0.3) is 0 Å². The molecule has 18 heavy (non-hydrogen) atoms. The number of ether oxygens (including phenoxy) is 1. The van der Waals surface area contributed by atoms with Gasteiger partial charge in [0.2, 0.25) is 0 Å². The van der Waals surface area contributed by atoms with E-state index in [1.807, 2.05) is 6.92 Å². The summed E-state index contributed by atoms with van der Waals surface area (Å²) in [4.78, 5) is 17.3. The summed E-state index contributed by atoms with van der Waals surface area (Å²) in [5.41, 5.74) is 0. The molecule has 1 amide bonds. The quantitative estimate of drug-likeness (QED) is 0.817. The van der Waals surface area contributed by atoms with E-state index in [4.69, 9.17) is 4.74 Å². The van der Waals surface area contributed by atoms with Gasteiger partial charge in [-0.1, -0.05) is 0 Å². The molecule has 2 rings (SSSR count). The van der Waals surface area contributed by atoms with Crippen molar-refractivity contribution in [2.24, 2.45) is 0 Å². The molecule has 2 N–H and O–H groups in total. The van der Waals surface area contributed by atoms with Crippen molar-refractivity contribution in [1.82, 2.24) is 25.4 Å². The molecule has 0 spiro atoms. The lowest BCUT2D eigenvalue weighted by atomic mass is 10.1. The van der Waals surface area contributed by atoms with Gasteiger partial charge in [-0.2, -0.15) is 5.10 Å². The first-order valence-electron chi connectivity index (χ1n) is 6.29. The SMILES string of the molecule is CCOC(=O)N1CCC(NCc2ncn[nH]2)CC1. The van der Waals surface area contributed by atoms with Crippen LogP contribution in [0, 0.1) is 0 Å². The van der Waals surface area contributed by atoms with Crippen LogP contribution in [-0.2, 0) is 11.3 Å². The minimum atomic E-state index is -0.203. The van der Waals surface area contributed by atoms with Gasteiger partial charge in [-0.15, -0.1) is 0 Å². The standard InChI is InChI=1S/C11H19N5O2/c1-2-18-11(17)16-5-3-9(4-6-16)12-7-10-13-8-14-15-10/h8-9,12H,2-7H2,1H3,(H,13,14,15). The number of piperidine rings is 1. The molecule has 1 aliphatic rings. The average Bonchev–Trinajstić information content (AvgIpc) is 2.90. The van der Waals surface area contributed by atoms with Gasteiger partial charge in [-0.25, -0.2) is 9.78 Å². The lowest BCUT2D eigenvalue weighted by Gasteiger charge is -2.31. The number of likely N-dealkylation sites (tertiary alicyclic amines) is 1. The van der Waals surface area contributed by atoms with E-state index in [9.17, 15) is 4.79 Å². The number of aromatic nitrogens is 3. The van der Waals surface area contributed by atoms with Crippen LogP contribution in [0.5, 0.6) is 0 Å². The Hall–Kier alpha value is -1.63. The molecule has 0 atom stereocenters. The molecular formula is C11H19N5O2. The zero-order valence-electron chi connectivity index (χ0n) is 10.6. The third-order valence-corrected chi connectivity index (χ3v) is 3.04. The number of H-pyrrole nitrogens is 1. The molecule has 0 unspecified atom stereocenters. The fourth-order valence-electron chi connectivity index (χ4n) is 2.04. The van der Waals surface area contributed by atoms with Crippen LogP contribution >= 0.6 is 0 Å². The number of carbonyl (C=O) groups is 1. The Balaban J connectivity index is 1.68. The van der Waals surface area contributed by atoms with Crippen LogP contribution in [-0.4, -0.2) is 51.9 Å². The maximum Gasteiger partial charge on any atom is 0.409 e. The van der Waals surface area contributed by atoms with Crippen LogP contribution in [0.2, 0.25) is 0 Å². The molecule has 7 heteroatoms. The van der Waals surface area contributed by atoms with Crippen molar-refractivity contribution in [1.29, 1.82) is 0 Å². The number of nitrogens with one attached hydrogen (secondary N) is 2. The summed E-state index contributed by atoms with van der Waals surface area (Å²) in [7, 11) is 0. The van der Waals surface area contributed by atoms with Crippen molar-refractivity contribution < 1.29 is 9.53 Å². The normalized spacial score (nSPS) is 16.8. The summed E-state index contributed by atoms with van der Waals surface area (Å²) in [6.45, 7) is 4.43. The van der Waals surface area contributed by atoms with Crippen LogP contribution in [0.3, 0.4) is 0 Å². The third-order valence-electron chi connectivity index (χ3n) is 3.04. The van der Waals surface area contributed by atoms with Crippen molar-refractivity contribution in [2.75, 3.05) is 19.7 Å². The second kappa shape index (κ2) is 6.34. The molecule has 1 aliphatic heterocycles. The van der Waals surface area contributed by atoms with Crippen molar-refractivity contribution in [3.63, 3.8) is 0 Å². The smallest absolute Gasteiger partial charge is 0.409 e. The number of amides is 1. The van der Waals surface area contributed by atoms with Gasteiger partial charge in [0.05, 0.1) is 13.2 Å². The molecule has 0 aliphatic carbocycles. The number of hydrogen-bond donors (Lipinski definition) is 2. The highest BCUT2D eigenvalue weighted by Gasteiger charge is 2.23. The molecule has 0 radical (unpaired) electrons. The van der Waals surface area contributed by atoms with Gasteiger partial charge in [0, 0.05) is 19.1 Å². The van der Waals surface area contributed by atoms with Crippen LogP contribution in [0.4, 0.5) is 4.79 Å². The van der Waals surface area contributed by atoms with Gasteiger partial charge in [-0.3, -0.25) is 5.10 Å². The first-order valence-corrected chi connectivity index (χ1v) is 6.29. The fourth-order valence-corrected chi connectivity index (χ4v) is 2.04. The Bertz CT molecular complexity index is 360. The molecule has 100 valence electrons. The minimum absolute atomic E-state index is 0.203. The summed E-state index contributed by atoms with van der Waals surface area (Å²) in [5.74, 6) is 0.836. The number of rotatable bonds is 4. The first-order chi connectivity index (χ1) is 8.79. The van der Waals surface area contributed by atoms with E-state index in [1.54, 1.807) is 4.90 Å². The molecule has 7 nitrogen and oxygen atoms in total. The van der Waals surface area contributed by atoms with Crippen molar-refractivity contribution in [3.8, 4) is 0 Å². The highest BCUT2D eigenvalue weighted by molar-refractivity contribution is 5.67. The van der Waals surface area contributed by atoms with Gasteiger partial charge in [-0.05, 0) is 19.8 Å². The summed E-state index contributed by atoms with van der Waals surface area (Å²) < 4.78 is 4.98. The van der Waals surface area contributed by atoms with E-state index in [0.717, 1.165) is 31.8 Å². The maximum absolute atomic E-state index is 11.5. The van der Waals surface area contributed by atoms with E-state index >= 15 is 0 Å². The van der Waals surface area contributed by atoms with Gasteiger partial charge in [0.25, 0.3) is 0 Å². The second-order valence-corrected chi connectivity index (χ2v) is 4.27. The Kier molecular flexibility index (Phi) is 4.52. The summed E-state index contributed by atoms with van der Waals surface area (Å²) in [5, 5.41) is 10.0. The highest BCUT2D eigenvalue weighted by atomic mass is 16.6. The first kappa shape index (κ1) is 12.8. The van der Waals surface area contributed by atoms with Crippen LogP contribution < -0.4 is 5.32 Å². The highest BCUT2D eigenvalue weighted by Crippen LogP contribution is 2.11. The van der Waals surface area contributed by atoms with Crippen molar-refractivity contribution in [3.05, 3.63) is 12.2 Å². The largest absolute Gasteiger partial charge is 0.450 e. The van der Waals surface area contributed by atoms with Crippen LogP contribution in [0.1, 0.15) is 25.6 Å². The molecule has 0 saturated carbocycles. The summed E-state index contributed by atoms with van der Waals surface area (Å²) >= 11 is 0. The lowest BCUT2D eigenvalue weighted by molar-refractivity contribution is 0.0949. The Morgan fingerprint density at radius 2 is 2.39 bits per heavy atom. The Morgan fingerprint density at radius 3 is 3.00 bits per heavy atom. The van der Waals surface area contributed by atoms with E-state index in [0.29, 0.717) is 19.2 Å². The zero-order valence-corrected chi connectivity index (χ0v) is 10.6. The molecule has 1 aromatic heterocycles. The van der Waals surface area contributed by atoms with E-state index < -0.39 is 0 Å². The second-order valence-electron chi connectivity index (χ2n) is 4.27. The van der Waals surface area contributed by atoms with E-state index in [2.05, 4.69) is 20.5 Å². The third kappa shape index (κ3) is 3.43. The molecule has 0 aromatic carbocycles. The molecule has 2 heterocycles. The summed E-state index contributed by atoms with van der Waals surface area (Å²) in [6.07, 6.45) is 3.17. The molecular weight excluding hydrogens is 234 g/mol. The van der Waals surface area contributed by atoms with Crippen molar-refractivity contribution in [2.45, 2.75) is 32.4 Å². The van der Waals surface area contributed by atoms with Gasteiger partial charge >= 0.3 is 6.09 Å². The topological polar surface area (TPSA) is 83.1 Å². The number of carbonyl (C=O) groups excluding carboxylic acids is 1. The van der Waals surface area contributed by atoms with Crippen molar-refractivity contribution >= 4 is 6.09 Å². The number of nitrogens with zero attached hydrogens (tertiary/aromatic N) is 3. The molecule has 1 aromatic rings. The number of aromatic amines is 1. The maximum atomic E-state index is 11.5. The molecule has 0 bridgehead atoms. The summed E-state index contributed by atoms with van der Waals surface area (Å²) in [6, 6.07) is 0.417. The fraction of sp³-hybridized carbons (Fsp3) is 0.727. The minimum Gasteiger partial charge on any atom is -0.450 e. The monoisotopic (exact) mass is 253 g/mol. The lowest BCUT2D eigenvalue weighted by Crippen LogP contribution is -2.45. The molecule has 1 saturated heterocycles. The van der Waals surface area contributed by atoms with E-state index in [-0.39, 0.29) is 6.09 Å². The van der Waals surface area contributed by atoms with E-state index in [1.165, 1.54) is 6.33 Å². The zero-order chi connectivity index (χ0) is 12.8.